The van der Waals surface area contributed by atoms with Crippen LogP contribution in [0.3, 0.4) is 0 Å². The maximum Gasteiger partial charge on any atom is 0.234 e. The fourth-order valence-corrected chi connectivity index (χ4v) is 2.61. The molecule has 5 nitrogen and oxygen atoms in total. The van der Waals surface area contributed by atoms with Crippen molar-refractivity contribution in [3.05, 3.63) is 78.6 Å². The first-order chi connectivity index (χ1) is 12.2. The molecule has 0 aliphatic heterocycles. The highest BCUT2D eigenvalue weighted by atomic mass is 19.1. The first-order valence-electron chi connectivity index (χ1n) is 7.76. The number of ether oxygens (including phenoxy) is 1. The van der Waals surface area contributed by atoms with Crippen molar-refractivity contribution in [2.75, 3.05) is 5.73 Å². The van der Waals surface area contributed by atoms with Crippen molar-refractivity contribution < 1.29 is 9.13 Å². The number of halogens is 1. The third-order valence-corrected chi connectivity index (χ3v) is 3.81. The maximum absolute atomic E-state index is 13.2. The summed E-state index contributed by atoms with van der Waals surface area (Å²) in [6.07, 6.45) is 5.40. The zero-order valence-corrected chi connectivity index (χ0v) is 13.3. The molecule has 0 fully saturated rings. The summed E-state index contributed by atoms with van der Waals surface area (Å²) < 4.78 is 20.7. The molecule has 6 heteroatoms. The Morgan fingerprint density at radius 3 is 2.72 bits per heavy atom. The van der Waals surface area contributed by atoms with Crippen LogP contribution in [0.15, 0.2) is 67.1 Å². The van der Waals surface area contributed by atoms with Gasteiger partial charge in [0.1, 0.15) is 18.2 Å². The van der Waals surface area contributed by atoms with Crippen molar-refractivity contribution in [2.24, 2.45) is 0 Å². The number of imidazole rings is 1. The molecule has 0 unspecified atom stereocenters. The van der Waals surface area contributed by atoms with Crippen molar-refractivity contribution in [2.45, 2.75) is 6.61 Å². The summed E-state index contributed by atoms with van der Waals surface area (Å²) >= 11 is 0. The number of hydrogen-bond acceptors (Lipinski definition) is 4. The lowest BCUT2D eigenvalue weighted by atomic mass is 10.1. The molecule has 0 aliphatic carbocycles. The fraction of sp³-hybridized carbons (Fsp3) is 0.0526. The Labute approximate surface area is 143 Å². The average molecular weight is 334 g/mol. The van der Waals surface area contributed by atoms with Gasteiger partial charge in [0.2, 0.25) is 5.78 Å². The number of benzene rings is 2. The molecule has 0 bridgehead atoms. The van der Waals surface area contributed by atoms with E-state index in [9.17, 15) is 4.39 Å². The van der Waals surface area contributed by atoms with Gasteiger partial charge in [0.05, 0.1) is 5.69 Å². The van der Waals surface area contributed by atoms with E-state index < -0.39 is 0 Å². The lowest BCUT2D eigenvalue weighted by Gasteiger charge is -2.05. The molecule has 0 saturated carbocycles. The molecule has 4 rings (SSSR count). The monoisotopic (exact) mass is 334 g/mol. The van der Waals surface area contributed by atoms with Crippen LogP contribution >= 0.6 is 0 Å². The van der Waals surface area contributed by atoms with Gasteiger partial charge in [0, 0.05) is 35.4 Å². The summed E-state index contributed by atoms with van der Waals surface area (Å²) in [4.78, 5) is 8.78. The minimum absolute atomic E-state index is 0.349. The number of nitrogen functional groups attached to an aromatic ring is 1. The van der Waals surface area contributed by atoms with Crippen LogP contribution in [-0.2, 0) is 6.61 Å². The molecule has 25 heavy (non-hydrogen) atoms. The first kappa shape index (κ1) is 15.1. The number of fused-ring (bicyclic) bond motifs is 1. The summed E-state index contributed by atoms with van der Waals surface area (Å²) in [5.41, 5.74) is 8.55. The van der Waals surface area contributed by atoms with Gasteiger partial charge in [0.25, 0.3) is 0 Å². The van der Waals surface area contributed by atoms with E-state index in [1.807, 2.05) is 47.1 Å². The lowest BCUT2D eigenvalue weighted by Crippen LogP contribution is -1.94. The van der Waals surface area contributed by atoms with Crippen molar-refractivity contribution >= 4 is 11.5 Å². The van der Waals surface area contributed by atoms with E-state index in [4.69, 9.17) is 10.5 Å². The van der Waals surface area contributed by atoms with Gasteiger partial charge in [-0.05, 0) is 30.3 Å². The Hall–Kier alpha value is -3.41. The molecule has 0 spiro atoms. The molecule has 2 aromatic heterocycles. The molecule has 0 saturated heterocycles. The third-order valence-electron chi connectivity index (χ3n) is 3.81. The third kappa shape index (κ3) is 3.14. The Bertz CT molecular complexity index is 1030. The van der Waals surface area contributed by atoms with Gasteiger partial charge in [-0.15, -0.1) is 0 Å². The van der Waals surface area contributed by atoms with E-state index in [1.165, 1.54) is 12.1 Å². The summed E-state index contributed by atoms with van der Waals surface area (Å²) in [6.45, 7) is 0.349. The summed E-state index contributed by atoms with van der Waals surface area (Å²) in [5.74, 6) is 0.988. The largest absolute Gasteiger partial charge is 0.487 e. The van der Waals surface area contributed by atoms with Crippen LogP contribution in [0.5, 0.6) is 5.75 Å². The number of nitrogens with two attached hydrogens (primary N) is 1. The van der Waals surface area contributed by atoms with Gasteiger partial charge >= 0.3 is 0 Å². The molecular formula is C19H15FN4O. The van der Waals surface area contributed by atoms with Gasteiger partial charge in [-0.3, -0.25) is 4.40 Å². The maximum atomic E-state index is 13.2. The zero-order chi connectivity index (χ0) is 17.2. The van der Waals surface area contributed by atoms with Crippen LogP contribution in [0, 0.1) is 5.82 Å². The lowest BCUT2D eigenvalue weighted by molar-refractivity contribution is 0.302. The summed E-state index contributed by atoms with van der Waals surface area (Å²) in [7, 11) is 0. The average Bonchev–Trinajstić information content (AvgIpc) is 3.03. The van der Waals surface area contributed by atoms with Crippen molar-refractivity contribution in [3.63, 3.8) is 0 Å². The minimum atomic E-state index is -0.363. The second-order valence-corrected chi connectivity index (χ2v) is 5.62. The molecule has 0 radical (unpaired) electrons. The molecule has 0 amide bonds. The molecule has 2 heterocycles. The minimum Gasteiger partial charge on any atom is -0.487 e. The van der Waals surface area contributed by atoms with Gasteiger partial charge in [-0.2, -0.15) is 0 Å². The number of aromatic nitrogens is 3. The quantitative estimate of drug-likeness (QED) is 0.578. The van der Waals surface area contributed by atoms with Gasteiger partial charge in [-0.25, -0.2) is 14.4 Å². The standard InChI is InChI=1S/C19H15FN4O/c20-14-6-7-17(18(21)8-14)13-9-22-19-23-15(11-24(19)10-13)12-25-16-4-2-1-3-5-16/h1-11H,12,21H2. The predicted octanol–water partition coefficient (Wildman–Crippen LogP) is 3.70. The highest BCUT2D eigenvalue weighted by Crippen LogP contribution is 2.26. The van der Waals surface area contributed by atoms with Crippen molar-refractivity contribution in [1.82, 2.24) is 14.4 Å². The van der Waals surface area contributed by atoms with Crippen LogP contribution in [0.25, 0.3) is 16.9 Å². The second kappa shape index (κ2) is 6.24. The van der Waals surface area contributed by atoms with Crippen LogP contribution in [0.1, 0.15) is 5.69 Å². The topological polar surface area (TPSA) is 65.4 Å². The molecule has 2 N–H and O–H groups in total. The van der Waals surface area contributed by atoms with Crippen LogP contribution in [0.4, 0.5) is 10.1 Å². The molecule has 0 atom stereocenters. The van der Waals surface area contributed by atoms with E-state index in [1.54, 1.807) is 12.3 Å². The molecule has 4 aromatic rings. The smallest absolute Gasteiger partial charge is 0.234 e. The van der Waals surface area contributed by atoms with Crippen molar-refractivity contribution in [3.8, 4) is 16.9 Å². The number of rotatable bonds is 4. The number of para-hydroxylation sites is 1. The zero-order valence-electron chi connectivity index (χ0n) is 13.3. The second-order valence-electron chi connectivity index (χ2n) is 5.62. The van der Waals surface area contributed by atoms with Crippen LogP contribution in [-0.4, -0.2) is 14.4 Å². The van der Waals surface area contributed by atoms with E-state index in [2.05, 4.69) is 9.97 Å². The van der Waals surface area contributed by atoms with E-state index in [0.29, 0.717) is 18.1 Å². The number of hydrogen-bond donors (Lipinski definition) is 1. The van der Waals surface area contributed by atoms with Crippen molar-refractivity contribution in [1.29, 1.82) is 0 Å². The SMILES string of the molecule is Nc1cc(F)ccc1-c1cnc2nc(COc3ccccc3)cn2c1. The Morgan fingerprint density at radius 1 is 1.08 bits per heavy atom. The summed E-state index contributed by atoms with van der Waals surface area (Å²) in [5, 5.41) is 0. The van der Waals surface area contributed by atoms with E-state index in [0.717, 1.165) is 22.6 Å². The van der Waals surface area contributed by atoms with Gasteiger partial charge < -0.3 is 10.5 Å². The Kier molecular flexibility index (Phi) is 3.78. The van der Waals surface area contributed by atoms with E-state index >= 15 is 0 Å². The van der Waals surface area contributed by atoms with Crippen LogP contribution < -0.4 is 10.5 Å². The van der Waals surface area contributed by atoms with Crippen LogP contribution in [0.2, 0.25) is 0 Å². The fourth-order valence-electron chi connectivity index (χ4n) is 2.61. The predicted molar refractivity (Wildman–Crippen MR) is 93.6 cm³/mol. The van der Waals surface area contributed by atoms with Gasteiger partial charge in [0.15, 0.2) is 0 Å². The highest BCUT2D eigenvalue weighted by Gasteiger charge is 2.08. The summed E-state index contributed by atoms with van der Waals surface area (Å²) in [6, 6.07) is 13.9. The molecule has 124 valence electrons. The normalized spacial score (nSPS) is 10.9. The molecule has 0 aliphatic rings. The number of nitrogens with zero attached hydrogens (tertiary/aromatic N) is 3. The highest BCUT2D eigenvalue weighted by molar-refractivity contribution is 5.75. The molecular weight excluding hydrogens is 319 g/mol. The first-order valence-corrected chi connectivity index (χ1v) is 7.76. The molecule has 2 aromatic carbocycles. The van der Waals surface area contributed by atoms with E-state index in [-0.39, 0.29) is 5.82 Å². The Morgan fingerprint density at radius 2 is 1.92 bits per heavy atom. The van der Waals surface area contributed by atoms with Gasteiger partial charge in [-0.1, -0.05) is 18.2 Å². The number of anilines is 1. The Balaban J connectivity index is 1.61.